The van der Waals surface area contributed by atoms with Gasteiger partial charge in [-0.2, -0.15) is 8.42 Å². The Labute approximate surface area is 119 Å². The van der Waals surface area contributed by atoms with Crippen LogP contribution in [0.25, 0.3) is 0 Å². The molecule has 0 saturated carbocycles. The monoisotopic (exact) mass is 292 g/mol. The Hall–Kier alpha value is -0.0900. The van der Waals surface area contributed by atoms with Gasteiger partial charge in [0, 0.05) is 0 Å². The predicted octanol–water partition coefficient (Wildman–Crippen LogP) is 4.96. The maximum Gasteiger partial charge on any atom is 0.270 e. The van der Waals surface area contributed by atoms with Gasteiger partial charge in [-0.15, -0.1) is 0 Å². The zero-order valence-electron chi connectivity index (χ0n) is 13.0. The topological polar surface area (TPSA) is 54.4 Å². The lowest BCUT2D eigenvalue weighted by Crippen LogP contribution is -2.35. The Morgan fingerprint density at radius 1 is 0.789 bits per heavy atom. The summed E-state index contributed by atoms with van der Waals surface area (Å²) in [6, 6.07) is 0. The van der Waals surface area contributed by atoms with E-state index in [1.54, 1.807) is 6.92 Å². The van der Waals surface area contributed by atoms with Crippen LogP contribution in [0.15, 0.2) is 0 Å². The molecular weight excluding hydrogens is 260 g/mol. The molecule has 0 radical (unpaired) electrons. The largest absolute Gasteiger partial charge is 0.285 e. The van der Waals surface area contributed by atoms with E-state index in [-0.39, 0.29) is 0 Å². The summed E-state index contributed by atoms with van der Waals surface area (Å²) in [7, 11) is -3.94. The molecule has 1 atom stereocenters. The smallest absolute Gasteiger partial charge is 0.270 e. The third kappa shape index (κ3) is 7.93. The minimum Gasteiger partial charge on any atom is -0.285 e. The van der Waals surface area contributed by atoms with E-state index in [4.69, 9.17) is 0 Å². The van der Waals surface area contributed by atoms with Gasteiger partial charge in [0.2, 0.25) is 0 Å². The fourth-order valence-electron chi connectivity index (χ4n) is 2.41. The van der Waals surface area contributed by atoms with Crippen molar-refractivity contribution in [3.8, 4) is 0 Å². The number of hydrogen-bond donors (Lipinski definition) is 1. The SMILES string of the molecule is CCCCCCCC(C)(CCCCCC)S(=O)(=O)O. The average Bonchev–Trinajstić information content (AvgIpc) is 2.33. The van der Waals surface area contributed by atoms with Crippen molar-refractivity contribution < 1.29 is 13.0 Å². The van der Waals surface area contributed by atoms with Gasteiger partial charge in [-0.05, 0) is 19.8 Å². The molecule has 0 aromatic heterocycles. The van der Waals surface area contributed by atoms with E-state index in [9.17, 15) is 13.0 Å². The van der Waals surface area contributed by atoms with Crippen molar-refractivity contribution >= 4 is 10.1 Å². The van der Waals surface area contributed by atoms with Crippen molar-refractivity contribution in [1.82, 2.24) is 0 Å². The summed E-state index contributed by atoms with van der Waals surface area (Å²) in [5.41, 5.74) is 0. The molecule has 0 bridgehead atoms. The van der Waals surface area contributed by atoms with Gasteiger partial charge < -0.3 is 0 Å². The lowest BCUT2D eigenvalue weighted by Gasteiger charge is -2.26. The van der Waals surface area contributed by atoms with Crippen LogP contribution < -0.4 is 0 Å². The summed E-state index contributed by atoms with van der Waals surface area (Å²) in [6.45, 7) is 6.00. The van der Waals surface area contributed by atoms with Crippen molar-refractivity contribution in [2.45, 2.75) is 96.1 Å². The van der Waals surface area contributed by atoms with Gasteiger partial charge in [-0.3, -0.25) is 4.55 Å². The van der Waals surface area contributed by atoms with Crippen molar-refractivity contribution in [3.63, 3.8) is 0 Å². The van der Waals surface area contributed by atoms with Crippen LogP contribution >= 0.6 is 0 Å². The Bertz CT molecular complexity index is 311. The van der Waals surface area contributed by atoms with Crippen LogP contribution in [-0.2, 0) is 10.1 Å². The maximum atomic E-state index is 11.6. The van der Waals surface area contributed by atoms with Gasteiger partial charge in [0.15, 0.2) is 0 Å². The van der Waals surface area contributed by atoms with Crippen LogP contribution in [0, 0.1) is 0 Å². The zero-order chi connectivity index (χ0) is 14.8. The molecule has 116 valence electrons. The molecule has 0 aromatic carbocycles. The van der Waals surface area contributed by atoms with Crippen molar-refractivity contribution in [1.29, 1.82) is 0 Å². The first-order valence-corrected chi connectivity index (χ1v) is 9.28. The van der Waals surface area contributed by atoms with Crippen LogP contribution in [0.2, 0.25) is 0 Å². The second-order valence-corrected chi connectivity index (χ2v) is 7.84. The molecule has 0 saturated heterocycles. The molecule has 0 amide bonds. The molecule has 0 heterocycles. The highest BCUT2D eigenvalue weighted by atomic mass is 32.2. The molecule has 0 aliphatic heterocycles. The second kappa shape index (κ2) is 9.76. The van der Waals surface area contributed by atoms with E-state index < -0.39 is 14.9 Å². The van der Waals surface area contributed by atoms with Crippen molar-refractivity contribution in [2.24, 2.45) is 0 Å². The molecule has 0 fully saturated rings. The fourth-order valence-corrected chi connectivity index (χ4v) is 3.22. The molecule has 4 heteroatoms. The number of hydrogen-bond acceptors (Lipinski definition) is 2. The fraction of sp³-hybridized carbons (Fsp3) is 1.00. The Balaban J connectivity index is 4.21. The van der Waals surface area contributed by atoms with Gasteiger partial charge >= 0.3 is 0 Å². The summed E-state index contributed by atoms with van der Waals surface area (Å²) in [5, 5.41) is 0. The highest BCUT2D eigenvalue weighted by Gasteiger charge is 2.36. The van der Waals surface area contributed by atoms with Crippen LogP contribution in [0.5, 0.6) is 0 Å². The lowest BCUT2D eigenvalue weighted by atomic mass is 9.95. The van der Waals surface area contributed by atoms with Crippen molar-refractivity contribution in [2.75, 3.05) is 0 Å². The van der Waals surface area contributed by atoms with Gasteiger partial charge in [0.05, 0.1) is 4.75 Å². The molecule has 0 rings (SSSR count). The Kier molecular flexibility index (Phi) is 9.71. The summed E-state index contributed by atoms with van der Waals surface area (Å²) in [5.74, 6) is 0. The Morgan fingerprint density at radius 3 is 1.53 bits per heavy atom. The molecule has 0 aliphatic rings. The second-order valence-electron chi connectivity index (χ2n) is 5.90. The van der Waals surface area contributed by atoms with E-state index in [1.165, 1.54) is 12.8 Å². The van der Waals surface area contributed by atoms with E-state index in [2.05, 4.69) is 13.8 Å². The highest BCUT2D eigenvalue weighted by Crippen LogP contribution is 2.30. The molecule has 1 unspecified atom stereocenters. The molecule has 0 aromatic rings. The summed E-state index contributed by atoms with van der Waals surface area (Å²) >= 11 is 0. The van der Waals surface area contributed by atoms with Gasteiger partial charge in [-0.1, -0.05) is 71.6 Å². The third-order valence-corrected chi connectivity index (χ3v) is 5.64. The minimum absolute atomic E-state index is 0.583. The maximum absolute atomic E-state index is 11.6. The van der Waals surface area contributed by atoms with E-state index >= 15 is 0 Å². The summed E-state index contributed by atoms with van der Waals surface area (Å²) < 4.78 is 31.7. The van der Waals surface area contributed by atoms with Gasteiger partial charge in [0.1, 0.15) is 0 Å². The molecule has 0 spiro atoms. The highest BCUT2D eigenvalue weighted by molar-refractivity contribution is 7.87. The molecule has 3 nitrogen and oxygen atoms in total. The average molecular weight is 292 g/mol. The van der Waals surface area contributed by atoms with E-state index in [0.717, 1.165) is 44.9 Å². The van der Waals surface area contributed by atoms with Crippen molar-refractivity contribution in [3.05, 3.63) is 0 Å². The minimum atomic E-state index is -3.94. The first kappa shape index (κ1) is 18.9. The molecule has 19 heavy (non-hydrogen) atoms. The molecule has 0 aliphatic carbocycles. The number of rotatable bonds is 12. The van der Waals surface area contributed by atoms with Crippen LogP contribution in [0.3, 0.4) is 0 Å². The van der Waals surface area contributed by atoms with E-state index in [0.29, 0.717) is 12.8 Å². The first-order chi connectivity index (χ1) is 8.87. The summed E-state index contributed by atoms with van der Waals surface area (Å²) in [4.78, 5) is 0. The molecular formula is C15H32O3S. The number of unbranched alkanes of at least 4 members (excludes halogenated alkanes) is 7. The predicted molar refractivity (Wildman–Crippen MR) is 82.1 cm³/mol. The van der Waals surface area contributed by atoms with Crippen LogP contribution in [0.4, 0.5) is 0 Å². The molecule has 1 N–H and O–H groups in total. The van der Waals surface area contributed by atoms with Crippen LogP contribution in [0.1, 0.15) is 91.4 Å². The third-order valence-electron chi connectivity index (χ3n) is 3.99. The van der Waals surface area contributed by atoms with Gasteiger partial charge in [-0.25, -0.2) is 0 Å². The van der Waals surface area contributed by atoms with Crippen LogP contribution in [-0.4, -0.2) is 17.7 Å². The standard InChI is InChI=1S/C15H32O3S/c1-4-6-8-10-12-14-15(3,19(16,17)18)13-11-9-7-5-2/h4-14H2,1-3H3,(H,16,17,18). The first-order valence-electron chi connectivity index (χ1n) is 7.84. The summed E-state index contributed by atoms with van der Waals surface area (Å²) in [6.07, 6.45) is 10.9. The Morgan fingerprint density at radius 2 is 1.16 bits per heavy atom. The zero-order valence-corrected chi connectivity index (χ0v) is 13.8. The lowest BCUT2D eigenvalue weighted by molar-refractivity contribution is 0.386. The van der Waals surface area contributed by atoms with Gasteiger partial charge in [0.25, 0.3) is 10.1 Å². The van der Waals surface area contributed by atoms with E-state index in [1.807, 2.05) is 0 Å². The normalized spacial score (nSPS) is 15.4. The quantitative estimate of drug-likeness (QED) is 0.408.